The van der Waals surface area contributed by atoms with E-state index >= 15 is 0 Å². The molecule has 0 atom stereocenters. The molecule has 154 valence electrons. The van der Waals surface area contributed by atoms with Crippen molar-refractivity contribution in [3.8, 4) is 17.0 Å². The van der Waals surface area contributed by atoms with Crippen molar-refractivity contribution in [2.75, 3.05) is 5.32 Å². The van der Waals surface area contributed by atoms with Gasteiger partial charge < -0.3 is 9.15 Å². The molecule has 7 heteroatoms. The molecule has 0 unspecified atom stereocenters. The first-order valence-corrected chi connectivity index (χ1v) is 9.75. The number of hydrogen-bond donors (Lipinski definition) is 1. The number of furan rings is 1. The van der Waals surface area contributed by atoms with Gasteiger partial charge in [0.05, 0.1) is 6.10 Å². The number of aromatic nitrogens is 2. The summed E-state index contributed by atoms with van der Waals surface area (Å²) in [7, 11) is 0. The molecule has 0 aliphatic carbocycles. The predicted molar refractivity (Wildman–Crippen MR) is 114 cm³/mol. The van der Waals surface area contributed by atoms with Gasteiger partial charge in [-0.1, -0.05) is 0 Å². The Morgan fingerprint density at radius 2 is 1.73 bits per heavy atom. The Morgan fingerprint density at radius 3 is 2.43 bits per heavy atom. The number of amides is 1. The van der Waals surface area contributed by atoms with Crippen molar-refractivity contribution in [2.45, 2.75) is 40.7 Å². The molecule has 2 aromatic carbocycles. The third kappa shape index (κ3) is 3.66. The van der Waals surface area contributed by atoms with Gasteiger partial charge in [0, 0.05) is 16.5 Å². The molecule has 0 bridgehead atoms. The molecule has 0 aliphatic rings. The fourth-order valence-electron chi connectivity index (χ4n) is 3.28. The van der Waals surface area contributed by atoms with Crippen LogP contribution >= 0.6 is 0 Å². The van der Waals surface area contributed by atoms with Crippen LogP contribution in [-0.4, -0.2) is 22.3 Å². The molecule has 4 aromatic rings. The van der Waals surface area contributed by atoms with E-state index in [1.807, 2.05) is 71.0 Å². The first-order chi connectivity index (χ1) is 14.3. The van der Waals surface area contributed by atoms with Gasteiger partial charge in [-0.25, -0.2) is 4.63 Å². The van der Waals surface area contributed by atoms with E-state index in [9.17, 15) is 4.79 Å². The summed E-state index contributed by atoms with van der Waals surface area (Å²) in [5.41, 5.74) is 4.89. The van der Waals surface area contributed by atoms with Gasteiger partial charge in [-0.05, 0) is 92.5 Å². The van der Waals surface area contributed by atoms with Crippen molar-refractivity contribution in [1.82, 2.24) is 10.3 Å². The van der Waals surface area contributed by atoms with E-state index in [1.54, 1.807) is 0 Å². The molecule has 0 saturated heterocycles. The number of rotatable bonds is 5. The van der Waals surface area contributed by atoms with Crippen LogP contribution in [0.3, 0.4) is 0 Å². The normalized spacial score (nSPS) is 11.3. The summed E-state index contributed by atoms with van der Waals surface area (Å²) in [6, 6.07) is 11.3. The monoisotopic (exact) mass is 405 g/mol. The number of carbonyl (C=O) groups excluding carboxylic acids is 1. The maximum atomic E-state index is 12.9. The minimum absolute atomic E-state index is 0.0824. The molecule has 1 N–H and O–H groups in total. The van der Waals surface area contributed by atoms with E-state index in [4.69, 9.17) is 13.8 Å². The molecule has 0 radical (unpaired) electrons. The average molecular weight is 405 g/mol. The van der Waals surface area contributed by atoms with Crippen molar-refractivity contribution < 1.29 is 18.6 Å². The van der Waals surface area contributed by atoms with Crippen molar-refractivity contribution in [2.24, 2.45) is 0 Å². The molecule has 7 nitrogen and oxygen atoms in total. The van der Waals surface area contributed by atoms with Crippen LogP contribution < -0.4 is 10.1 Å². The van der Waals surface area contributed by atoms with Gasteiger partial charge in [-0.15, -0.1) is 0 Å². The van der Waals surface area contributed by atoms with Crippen LogP contribution in [0.2, 0.25) is 0 Å². The second kappa shape index (κ2) is 7.67. The number of ether oxygens (including phenoxy) is 1. The summed E-state index contributed by atoms with van der Waals surface area (Å²) >= 11 is 0. The van der Waals surface area contributed by atoms with Gasteiger partial charge in [-0.3, -0.25) is 10.1 Å². The van der Waals surface area contributed by atoms with Gasteiger partial charge in [0.1, 0.15) is 11.3 Å². The van der Waals surface area contributed by atoms with E-state index in [0.29, 0.717) is 11.3 Å². The Hall–Kier alpha value is -3.61. The number of nitrogens with zero attached hydrogens (tertiary/aromatic N) is 2. The zero-order chi connectivity index (χ0) is 21.4. The molecule has 2 heterocycles. The van der Waals surface area contributed by atoms with Gasteiger partial charge in [0.25, 0.3) is 5.91 Å². The maximum Gasteiger partial charge on any atom is 0.292 e. The van der Waals surface area contributed by atoms with Crippen molar-refractivity contribution in [3.63, 3.8) is 0 Å². The van der Waals surface area contributed by atoms with Crippen LogP contribution in [0.1, 0.15) is 41.1 Å². The number of anilines is 1. The lowest BCUT2D eigenvalue weighted by Gasteiger charge is -2.09. The lowest BCUT2D eigenvalue weighted by Crippen LogP contribution is -2.13. The highest BCUT2D eigenvalue weighted by Gasteiger charge is 2.22. The Balaban J connectivity index is 1.60. The van der Waals surface area contributed by atoms with Crippen LogP contribution in [0.5, 0.6) is 5.75 Å². The van der Waals surface area contributed by atoms with Crippen molar-refractivity contribution in [1.29, 1.82) is 0 Å². The first kappa shape index (κ1) is 19.7. The highest BCUT2D eigenvalue weighted by atomic mass is 16.6. The fraction of sp³-hybridized carbons (Fsp3) is 0.261. The second-order valence-electron chi connectivity index (χ2n) is 7.60. The van der Waals surface area contributed by atoms with Gasteiger partial charge in [0.2, 0.25) is 5.82 Å². The summed E-state index contributed by atoms with van der Waals surface area (Å²) in [4.78, 5) is 12.9. The minimum Gasteiger partial charge on any atom is -0.491 e. The third-order valence-corrected chi connectivity index (χ3v) is 4.98. The first-order valence-electron chi connectivity index (χ1n) is 9.75. The molecular formula is C23H23N3O4. The lowest BCUT2D eigenvalue weighted by molar-refractivity contribution is 0.0997. The zero-order valence-electron chi connectivity index (χ0n) is 17.6. The number of hydrogen-bond acceptors (Lipinski definition) is 6. The van der Waals surface area contributed by atoms with Gasteiger partial charge in [-0.2, -0.15) is 0 Å². The van der Waals surface area contributed by atoms with Crippen molar-refractivity contribution in [3.05, 3.63) is 58.8 Å². The number of benzene rings is 2. The Bertz CT molecular complexity index is 1220. The average Bonchev–Trinajstić information content (AvgIpc) is 3.27. The summed E-state index contributed by atoms with van der Waals surface area (Å²) in [5.74, 6) is 0.810. The van der Waals surface area contributed by atoms with E-state index in [1.165, 1.54) is 0 Å². The molecule has 2 aromatic heterocycles. The molecular weight excluding hydrogens is 382 g/mol. The van der Waals surface area contributed by atoms with Crippen LogP contribution in [0, 0.1) is 20.8 Å². The predicted octanol–water partition coefficient (Wildman–Crippen LogP) is 5.45. The molecule has 0 fully saturated rings. The van der Waals surface area contributed by atoms with Crippen LogP contribution in [0.15, 0.2) is 45.4 Å². The number of fused-ring (bicyclic) bond motifs is 1. The van der Waals surface area contributed by atoms with Crippen LogP contribution in [0.4, 0.5) is 5.82 Å². The summed E-state index contributed by atoms with van der Waals surface area (Å²) < 4.78 is 16.4. The smallest absolute Gasteiger partial charge is 0.292 e. The summed E-state index contributed by atoms with van der Waals surface area (Å²) in [6.45, 7) is 9.84. The highest BCUT2D eigenvalue weighted by molar-refractivity contribution is 6.07. The van der Waals surface area contributed by atoms with E-state index in [2.05, 4.69) is 15.6 Å². The largest absolute Gasteiger partial charge is 0.491 e. The Kier molecular flexibility index (Phi) is 5.03. The summed E-state index contributed by atoms with van der Waals surface area (Å²) in [5, 5.41) is 11.5. The zero-order valence-corrected chi connectivity index (χ0v) is 17.6. The third-order valence-electron chi connectivity index (χ3n) is 4.98. The maximum absolute atomic E-state index is 12.9. The molecule has 0 saturated carbocycles. The Labute approximate surface area is 174 Å². The summed E-state index contributed by atoms with van der Waals surface area (Å²) in [6.07, 6.45) is 0.0824. The molecule has 1 amide bonds. The molecule has 0 spiro atoms. The molecule has 0 aliphatic heterocycles. The van der Waals surface area contributed by atoms with Crippen LogP contribution in [0.25, 0.3) is 22.2 Å². The standard InChI is InChI=1S/C23H23N3O4/c1-12(2)28-17-8-6-16(7-9-17)20-22(26-30-25-20)24-23(27)21-15(5)18-10-13(3)14(4)11-19(18)29-21/h6-12H,1-5H3,(H,24,26,27). The van der Waals surface area contributed by atoms with E-state index < -0.39 is 5.91 Å². The quantitative estimate of drug-likeness (QED) is 0.475. The number of nitrogens with one attached hydrogen (secondary N) is 1. The molecule has 30 heavy (non-hydrogen) atoms. The number of aryl methyl sites for hydroxylation is 3. The van der Waals surface area contributed by atoms with Crippen molar-refractivity contribution >= 4 is 22.7 Å². The minimum atomic E-state index is -0.407. The molecule has 4 rings (SSSR count). The second-order valence-corrected chi connectivity index (χ2v) is 7.60. The Morgan fingerprint density at radius 1 is 1.03 bits per heavy atom. The van der Waals surface area contributed by atoms with E-state index in [-0.39, 0.29) is 17.7 Å². The van der Waals surface area contributed by atoms with E-state index in [0.717, 1.165) is 33.4 Å². The fourth-order valence-corrected chi connectivity index (χ4v) is 3.28. The topological polar surface area (TPSA) is 90.4 Å². The van der Waals surface area contributed by atoms with Crippen LogP contribution in [-0.2, 0) is 0 Å². The lowest BCUT2D eigenvalue weighted by atomic mass is 10.0. The SMILES string of the molecule is Cc1cc2oc(C(=O)Nc3nonc3-c3ccc(OC(C)C)cc3)c(C)c2cc1C. The van der Waals surface area contributed by atoms with Gasteiger partial charge >= 0.3 is 0 Å². The van der Waals surface area contributed by atoms with Gasteiger partial charge in [0.15, 0.2) is 11.5 Å². The number of carbonyl (C=O) groups is 1. The highest BCUT2D eigenvalue weighted by Crippen LogP contribution is 2.30.